The fourth-order valence-corrected chi connectivity index (χ4v) is 2.38. The van der Waals surface area contributed by atoms with Crippen LogP contribution >= 0.6 is 0 Å². The molecule has 0 amide bonds. The van der Waals surface area contributed by atoms with E-state index in [-0.39, 0.29) is 12.5 Å². The van der Waals surface area contributed by atoms with Gasteiger partial charge in [-0.15, -0.1) is 0 Å². The third kappa shape index (κ3) is 7.94. The smallest absolute Gasteiger partial charge is 0.320 e. The van der Waals surface area contributed by atoms with Gasteiger partial charge >= 0.3 is 5.97 Å². The van der Waals surface area contributed by atoms with Crippen LogP contribution < -0.4 is 5.73 Å². The van der Waals surface area contributed by atoms with E-state index in [1.807, 2.05) is 65.6 Å². The summed E-state index contributed by atoms with van der Waals surface area (Å²) in [6, 6.07) is 19.7. The first-order valence-electron chi connectivity index (χ1n) is 8.51. The van der Waals surface area contributed by atoms with E-state index in [9.17, 15) is 4.79 Å². The number of ether oxygens (including phenoxy) is 2. The summed E-state index contributed by atoms with van der Waals surface area (Å²) in [6.07, 6.45) is 0. The molecule has 0 saturated heterocycles. The van der Waals surface area contributed by atoms with Gasteiger partial charge in [-0.1, -0.05) is 60.7 Å². The van der Waals surface area contributed by atoms with Gasteiger partial charge in [-0.25, -0.2) is 0 Å². The molecule has 2 N–H and O–H groups in total. The molecule has 0 atom stereocenters. The van der Waals surface area contributed by atoms with Crippen molar-refractivity contribution in [2.24, 2.45) is 5.73 Å². The third-order valence-electron chi connectivity index (χ3n) is 3.70. The Morgan fingerprint density at radius 2 is 1.48 bits per heavy atom. The van der Waals surface area contributed by atoms with E-state index >= 15 is 0 Å². The molecule has 0 aliphatic heterocycles. The van der Waals surface area contributed by atoms with E-state index in [2.05, 4.69) is 0 Å². The lowest BCUT2D eigenvalue weighted by Crippen LogP contribution is -2.37. The van der Waals surface area contributed by atoms with Crippen molar-refractivity contribution in [1.29, 1.82) is 0 Å². The van der Waals surface area contributed by atoms with Gasteiger partial charge < -0.3 is 15.2 Å². The highest BCUT2D eigenvalue weighted by atomic mass is 16.5. The molecule has 0 aromatic heterocycles. The summed E-state index contributed by atoms with van der Waals surface area (Å²) in [6.45, 7) is 3.39. The molecule has 5 nitrogen and oxygen atoms in total. The number of esters is 1. The summed E-state index contributed by atoms with van der Waals surface area (Å²) in [5, 5.41) is 0. The van der Waals surface area contributed by atoms with Crippen molar-refractivity contribution in [3.8, 4) is 0 Å². The topological polar surface area (TPSA) is 64.8 Å². The Bertz CT molecular complexity index is 605. The highest BCUT2D eigenvalue weighted by molar-refractivity contribution is 5.71. The van der Waals surface area contributed by atoms with E-state index < -0.39 is 0 Å². The molecule has 2 rings (SSSR count). The number of hydrogen-bond donors (Lipinski definition) is 1. The SMILES string of the molecule is NCCN(CCOCc1ccccc1)CC(=O)OCc1ccccc1. The van der Waals surface area contributed by atoms with Crippen molar-refractivity contribution < 1.29 is 14.3 Å². The first-order valence-corrected chi connectivity index (χ1v) is 8.51. The maximum absolute atomic E-state index is 12.0. The standard InChI is InChI=1S/C20H26N2O3/c21-11-12-22(13-14-24-16-18-7-3-1-4-8-18)15-20(23)25-17-19-9-5-2-6-10-19/h1-10H,11-17,21H2. The zero-order valence-electron chi connectivity index (χ0n) is 14.5. The van der Waals surface area contributed by atoms with Crippen LogP contribution in [0.5, 0.6) is 0 Å². The second-order valence-corrected chi connectivity index (χ2v) is 5.75. The number of carbonyl (C=O) groups excluding carboxylic acids is 1. The van der Waals surface area contributed by atoms with Crippen molar-refractivity contribution in [2.45, 2.75) is 13.2 Å². The lowest BCUT2D eigenvalue weighted by atomic mass is 10.2. The van der Waals surface area contributed by atoms with E-state index in [0.717, 1.165) is 11.1 Å². The average molecular weight is 342 g/mol. The van der Waals surface area contributed by atoms with E-state index in [1.54, 1.807) is 0 Å². The molecular formula is C20H26N2O3. The van der Waals surface area contributed by atoms with Gasteiger partial charge in [-0.2, -0.15) is 0 Å². The van der Waals surface area contributed by atoms with Crippen molar-refractivity contribution in [2.75, 3.05) is 32.8 Å². The molecule has 0 radical (unpaired) electrons. The summed E-state index contributed by atoms with van der Waals surface area (Å²) in [4.78, 5) is 14.0. The minimum atomic E-state index is -0.250. The lowest BCUT2D eigenvalue weighted by molar-refractivity contribution is -0.146. The molecule has 2 aromatic rings. The van der Waals surface area contributed by atoms with E-state index in [0.29, 0.717) is 39.5 Å². The largest absolute Gasteiger partial charge is 0.460 e. The minimum Gasteiger partial charge on any atom is -0.460 e. The summed E-state index contributed by atoms with van der Waals surface area (Å²) < 4.78 is 11.0. The fraction of sp³-hybridized carbons (Fsp3) is 0.350. The lowest BCUT2D eigenvalue weighted by Gasteiger charge is -2.20. The number of hydrogen-bond acceptors (Lipinski definition) is 5. The molecule has 0 fully saturated rings. The molecular weight excluding hydrogens is 316 g/mol. The number of carbonyl (C=O) groups is 1. The quantitative estimate of drug-likeness (QED) is 0.501. The molecule has 134 valence electrons. The Kier molecular flexibility index (Phi) is 8.69. The maximum Gasteiger partial charge on any atom is 0.320 e. The van der Waals surface area contributed by atoms with Crippen molar-refractivity contribution in [1.82, 2.24) is 4.90 Å². The first kappa shape index (κ1) is 19.1. The van der Waals surface area contributed by atoms with Crippen molar-refractivity contribution >= 4 is 5.97 Å². The van der Waals surface area contributed by atoms with Gasteiger partial charge in [0.15, 0.2) is 0 Å². The van der Waals surface area contributed by atoms with Crippen LogP contribution in [0.3, 0.4) is 0 Å². The highest BCUT2D eigenvalue weighted by Gasteiger charge is 2.11. The second kappa shape index (κ2) is 11.4. The van der Waals surface area contributed by atoms with Crippen LogP contribution in [-0.2, 0) is 27.5 Å². The number of nitrogens with two attached hydrogens (primary N) is 1. The van der Waals surface area contributed by atoms with Crippen LogP contribution in [0.25, 0.3) is 0 Å². The molecule has 5 heteroatoms. The number of benzene rings is 2. The predicted molar refractivity (Wildman–Crippen MR) is 97.8 cm³/mol. The molecule has 0 bridgehead atoms. The Labute approximate surface area is 149 Å². The predicted octanol–water partition coefficient (Wildman–Crippen LogP) is 2.21. The number of nitrogens with zero attached hydrogens (tertiary/aromatic N) is 1. The Morgan fingerprint density at radius 1 is 0.880 bits per heavy atom. The van der Waals surface area contributed by atoms with E-state index in [4.69, 9.17) is 15.2 Å². The molecule has 2 aromatic carbocycles. The Morgan fingerprint density at radius 3 is 2.08 bits per heavy atom. The van der Waals surface area contributed by atoms with Gasteiger partial charge in [0.1, 0.15) is 6.61 Å². The van der Waals surface area contributed by atoms with Crippen LogP contribution in [0.2, 0.25) is 0 Å². The van der Waals surface area contributed by atoms with Gasteiger partial charge in [0.2, 0.25) is 0 Å². The maximum atomic E-state index is 12.0. The second-order valence-electron chi connectivity index (χ2n) is 5.75. The van der Waals surface area contributed by atoms with Gasteiger partial charge in [0.05, 0.1) is 19.8 Å². The molecule has 0 aliphatic carbocycles. The van der Waals surface area contributed by atoms with Gasteiger partial charge in [-0.3, -0.25) is 9.69 Å². The normalized spacial score (nSPS) is 10.8. The average Bonchev–Trinajstić information content (AvgIpc) is 2.65. The first-order chi connectivity index (χ1) is 12.3. The van der Waals surface area contributed by atoms with Crippen molar-refractivity contribution in [3.05, 3.63) is 71.8 Å². The molecule has 0 aliphatic rings. The van der Waals surface area contributed by atoms with Gasteiger partial charge in [-0.05, 0) is 11.1 Å². The molecule has 0 spiro atoms. The summed E-state index contributed by atoms with van der Waals surface area (Å²) in [7, 11) is 0. The van der Waals surface area contributed by atoms with Crippen LogP contribution in [0.15, 0.2) is 60.7 Å². The van der Waals surface area contributed by atoms with Crippen LogP contribution in [0, 0.1) is 0 Å². The molecule has 25 heavy (non-hydrogen) atoms. The summed E-state index contributed by atoms with van der Waals surface area (Å²) >= 11 is 0. The monoisotopic (exact) mass is 342 g/mol. The van der Waals surface area contributed by atoms with Crippen LogP contribution in [0.1, 0.15) is 11.1 Å². The zero-order chi connectivity index (χ0) is 17.7. The minimum absolute atomic E-state index is 0.221. The summed E-state index contributed by atoms with van der Waals surface area (Å²) in [5.41, 5.74) is 7.74. The Hall–Kier alpha value is -2.21. The molecule has 0 heterocycles. The molecule has 0 saturated carbocycles. The van der Waals surface area contributed by atoms with Crippen molar-refractivity contribution in [3.63, 3.8) is 0 Å². The van der Waals surface area contributed by atoms with E-state index in [1.165, 1.54) is 0 Å². The summed E-state index contributed by atoms with van der Waals surface area (Å²) in [5.74, 6) is -0.250. The fourth-order valence-electron chi connectivity index (χ4n) is 2.38. The molecule has 0 unspecified atom stereocenters. The zero-order valence-corrected chi connectivity index (χ0v) is 14.5. The van der Waals surface area contributed by atoms with Gasteiger partial charge in [0, 0.05) is 19.6 Å². The Balaban J connectivity index is 1.67. The van der Waals surface area contributed by atoms with Crippen LogP contribution in [0.4, 0.5) is 0 Å². The number of rotatable bonds is 11. The van der Waals surface area contributed by atoms with Gasteiger partial charge in [0.25, 0.3) is 0 Å². The van der Waals surface area contributed by atoms with Crippen LogP contribution in [-0.4, -0.2) is 43.7 Å². The third-order valence-corrected chi connectivity index (χ3v) is 3.70. The highest BCUT2D eigenvalue weighted by Crippen LogP contribution is 2.02.